The van der Waals surface area contributed by atoms with Gasteiger partial charge in [0.1, 0.15) is 0 Å². The Bertz CT molecular complexity index is 556. The van der Waals surface area contributed by atoms with E-state index >= 15 is 0 Å². The zero-order chi connectivity index (χ0) is 16.2. The molecule has 22 heavy (non-hydrogen) atoms. The van der Waals surface area contributed by atoms with Gasteiger partial charge in [0.2, 0.25) is 0 Å². The van der Waals surface area contributed by atoms with E-state index in [1.165, 1.54) is 12.0 Å². The molecule has 0 aliphatic heterocycles. The fraction of sp³-hybridized carbons (Fsp3) is 0.632. The van der Waals surface area contributed by atoms with Gasteiger partial charge in [-0.25, -0.2) is 0 Å². The minimum absolute atomic E-state index is 0.294. The highest BCUT2D eigenvalue weighted by Gasteiger charge is 2.19. The third-order valence-electron chi connectivity index (χ3n) is 4.17. The average Bonchev–Trinajstić information content (AvgIpc) is 3.04. The van der Waals surface area contributed by atoms with Crippen molar-refractivity contribution in [2.75, 3.05) is 0 Å². The van der Waals surface area contributed by atoms with Gasteiger partial charge in [-0.15, -0.1) is 0 Å². The third kappa shape index (κ3) is 5.70. The summed E-state index contributed by atoms with van der Waals surface area (Å²) in [4.78, 5) is 0. The minimum atomic E-state index is 0.294. The molecule has 0 unspecified atom stereocenters. The van der Waals surface area contributed by atoms with Crippen molar-refractivity contribution in [3.63, 3.8) is 0 Å². The Kier molecular flexibility index (Phi) is 5.15. The maximum absolute atomic E-state index is 4.52. The summed E-state index contributed by atoms with van der Waals surface area (Å²) in [6.45, 7) is 13.6. The van der Waals surface area contributed by atoms with Crippen LogP contribution in [-0.4, -0.2) is 14.3 Å². The van der Waals surface area contributed by atoms with Crippen molar-refractivity contribution >= 4 is 0 Å². The summed E-state index contributed by atoms with van der Waals surface area (Å²) in [5, 5.41) is 4.52. The summed E-state index contributed by atoms with van der Waals surface area (Å²) in [7, 11) is 0. The molecule has 0 aliphatic carbocycles. The molecule has 0 fully saturated rings. The zero-order valence-electron chi connectivity index (χ0n) is 14.8. The van der Waals surface area contributed by atoms with Gasteiger partial charge in [0, 0.05) is 31.7 Å². The molecule has 3 nitrogen and oxygen atoms in total. The van der Waals surface area contributed by atoms with Crippen LogP contribution in [-0.2, 0) is 19.5 Å². The molecular formula is C19H31N3. The second kappa shape index (κ2) is 6.72. The van der Waals surface area contributed by atoms with E-state index in [4.69, 9.17) is 0 Å². The van der Waals surface area contributed by atoms with Crippen LogP contribution in [0.3, 0.4) is 0 Å². The lowest BCUT2D eigenvalue weighted by atomic mass is 9.83. The fourth-order valence-corrected chi connectivity index (χ4v) is 2.66. The first kappa shape index (κ1) is 16.9. The standard InChI is InChI=1S/C19H31N3/c1-18(2,3)8-13-22-16-17(15-20-22)14-19(4,5)9-12-21-10-6-7-11-21/h6-7,10-11,15-16H,8-9,12-14H2,1-5H3. The Morgan fingerprint density at radius 3 is 2.27 bits per heavy atom. The Labute approximate surface area is 135 Å². The van der Waals surface area contributed by atoms with E-state index in [1.54, 1.807) is 0 Å². The van der Waals surface area contributed by atoms with Crippen LogP contribution in [0.5, 0.6) is 0 Å². The van der Waals surface area contributed by atoms with E-state index in [0.717, 1.165) is 25.9 Å². The van der Waals surface area contributed by atoms with Crippen LogP contribution < -0.4 is 0 Å². The number of aromatic nitrogens is 3. The van der Waals surface area contributed by atoms with E-state index in [0.29, 0.717) is 10.8 Å². The summed E-state index contributed by atoms with van der Waals surface area (Å²) >= 11 is 0. The molecule has 0 bridgehead atoms. The topological polar surface area (TPSA) is 22.8 Å². The van der Waals surface area contributed by atoms with Gasteiger partial charge in [-0.3, -0.25) is 4.68 Å². The molecule has 0 spiro atoms. The Morgan fingerprint density at radius 1 is 0.955 bits per heavy atom. The predicted octanol–water partition coefficient (Wildman–Crippen LogP) is 4.78. The number of hydrogen-bond donors (Lipinski definition) is 0. The Balaban J connectivity index is 1.85. The van der Waals surface area contributed by atoms with Crippen molar-refractivity contribution in [3.05, 3.63) is 42.5 Å². The maximum Gasteiger partial charge on any atom is 0.0521 e. The van der Waals surface area contributed by atoms with Crippen molar-refractivity contribution in [3.8, 4) is 0 Å². The van der Waals surface area contributed by atoms with Crippen LogP contribution in [0.15, 0.2) is 36.9 Å². The third-order valence-corrected chi connectivity index (χ3v) is 4.17. The van der Waals surface area contributed by atoms with Gasteiger partial charge in [-0.1, -0.05) is 34.6 Å². The Morgan fingerprint density at radius 2 is 1.64 bits per heavy atom. The first-order valence-corrected chi connectivity index (χ1v) is 8.36. The van der Waals surface area contributed by atoms with Crippen molar-refractivity contribution in [1.29, 1.82) is 0 Å². The lowest BCUT2D eigenvalue weighted by Gasteiger charge is -2.24. The van der Waals surface area contributed by atoms with Gasteiger partial charge in [-0.05, 0) is 47.8 Å². The highest BCUT2D eigenvalue weighted by atomic mass is 15.3. The highest BCUT2D eigenvalue weighted by Crippen LogP contribution is 2.27. The Hall–Kier alpha value is -1.51. The van der Waals surface area contributed by atoms with Crippen LogP contribution in [0.1, 0.15) is 53.0 Å². The van der Waals surface area contributed by atoms with Crippen molar-refractivity contribution in [2.45, 2.75) is 67.0 Å². The molecule has 0 saturated heterocycles. The second-order valence-electron chi connectivity index (χ2n) is 8.43. The largest absolute Gasteiger partial charge is 0.354 e. The van der Waals surface area contributed by atoms with Crippen LogP contribution >= 0.6 is 0 Å². The first-order valence-electron chi connectivity index (χ1n) is 8.36. The van der Waals surface area contributed by atoms with Crippen LogP contribution in [0, 0.1) is 10.8 Å². The van der Waals surface area contributed by atoms with Crippen molar-refractivity contribution in [1.82, 2.24) is 14.3 Å². The van der Waals surface area contributed by atoms with Crippen LogP contribution in [0.2, 0.25) is 0 Å². The van der Waals surface area contributed by atoms with Gasteiger partial charge in [0.25, 0.3) is 0 Å². The molecule has 2 aromatic rings. The summed E-state index contributed by atoms with van der Waals surface area (Å²) in [5.74, 6) is 0. The van der Waals surface area contributed by atoms with Gasteiger partial charge >= 0.3 is 0 Å². The van der Waals surface area contributed by atoms with Crippen molar-refractivity contribution < 1.29 is 0 Å². The molecule has 0 aromatic carbocycles. The smallest absolute Gasteiger partial charge is 0.0521 e. The quantitative estimate of drug-likeness (QED) is 0.721. The minimum Gasteiger partial charge on any atom is -0.354 e. The lowest BCUT2D eigenvalue weighted by Crippen LogP contribution is -2.17. The summed E-state index contributed by atoms with van der Waals surface area (Å²) in [6.07, 6.45) is 12.0. The molecule has 2 aromatic heterocycles. The SMILES string of the molecule is CC(C)(C)CCn1cc(CC(C)(C)CCn2cccc2)cn1. The number of nitrogens with zero attached hydrogens (tertiary/aromatic N) is 3. The van der Waals surface area contributed by atoms with E-state index in [9.17, 15) is 0 Å². The van der Waals surface area contributed by atoms with Crippen LogP contribution in [0.4, 0.5) is 0 Å². The van der Waals surface area contributed by atoms with Crippen molar-refractivity contribution in [2.24, 2.45) is 10.8 Å². The molecule has 0 aliphatic rings. The number of aryl methyl sites for hydroxylation is 2. The van der Waals surface area contributed by atoms with E-state index in [2.05, 4.69) is 79.7 Å². The molecule has 0 saturated carbocycles. The van der Waals surface area contributed by atoms with E-state index in [1.807, 2.05) is 6.20 Å². The van der Waals surface area contributed by atoms with Gasteiger partial charge in [0.15, 0.2) is 0 Å². The summed E-state index contributed by atoms with van der Waals surface area (Å²) < 4.78 is 4.36. The summed E-state index contributed by atoms with van der Waals surface area (Å²) in [6, 6.07) is 4.18. The van der Waals surface area contributed by atoms with Gasteiger partial charge < -0.3 is 4.57 Å². The van der Waals surface area contributed by atoms with E-state index < -0.39 is 0 Å². The van der Waals surface area contributed by atoms with Crippen LogP contribution in [0.25, 0.3) is 0 Å². The van der Waals surface area contributed by atoms with Gasteiger partial charge in [-0.2, -0.15) is 5.10 Å². The highest BCUT2D eigenvalue weighted by molar-refractivity contribution is 5.06. The molecule has 0 N–H and O–H groups in total. The monoisotopic (exact) mass is 301 g/mol. The second-order valence-corrected chi connectivity index (χ2v) is 8.43. The molecule has 0 amide bonds. The normalized spacial score (nSPS) is 12.8. The number of rotatable bonds is 7. The fourth-order valence-electron chi connectivity index (χ4n) is 2.66. The molecule has 3 heteroatoms. The molecule has 122 valence electrons. The molecule has 2 rings (SSSR count). The first-order chi connectivity index (χ1) is 10.2. The van der Waals surface area contributed by atoms with E-state index in [-0.39, 0.29) is 0 Å². The molecule has 0 radical (unpaired) electrons. The summed E-state index contributed by atoms with van der Waals surface area (Å²) in [5.41, 5.74) is 2.01. The lowest BCUT2D eigenvalue weighted by molar-refractivity contribution is 0.310. The van der Waals surface area contributed by atoms with Gasteiger partial charge in [0.05, 0.1) is 6.20 Å². The average molecular weight is 301 g/mol. The molecule has 0 atom stereocenters. The predicted molar refractivity (Wildman–Crippen MR) is 92.8 cm³/mol. The maximum atomic E-state index is 4.52. The molecular weight excluding hydrogens is 270 g/mol. The number of hydrogen-bond acceptors (Lipinski definition) is 1. The molecule has 2 heterocycles. The zero-order valence-corrected chi connectivity index (χ0v) is 14.8.